The number of carbonyl (C=O) groups is 2. The lowest BCUT2D eigenvalue weighted by atomic mass is 9.87. The van der Waals surface area contributed by atoms with Gasteiger partial charge in [-0.2, -0.15) is 0 Å². The van der Waals surface area contributed by atoms with E-state index in [4.69, 9.17) is 9.52 Å². The van der Waals surface area contributed by atoms with Crippen molar-refractivity contribution in [1.82, 2.24) is 4.90 Å². The Morgan fingerprint density at radius 2 is 2.11 bits per heavy atom. The van der Waals surface area contributed by atoms with E-state index in [1.54, 1.807) is 17.9 Å². The van der Waals surface area contributed by atoms with E-state index in [9.17, 15) is 9.59 Å². The summed E-state index contributed by atoms with van der Waals surface area (Å²) in [4.78, 5) is 25.1. The van der Waals surface area contributed by atoms with Crippen LogP contribution >= 0.6 is 0 Å². The molecule has 104 valence electrons. The predicted octanol–water partition coefficient (Wildman–Crippen LogP) is 2.08. The van der Waals surface area contributed by atoms with Crippen LogP contribution in [0.5, 0.6) is 0 Å². The van der Waals surface area contributed by atoms with E-state index in [-0.39, 0.29) is 17.7 Å². The number of carbonyl (C=O) groups excluding carboxylic acids is 1. The summed E-state index contributed by atoms with van der Waals surface area (Å²) in [5.41, 5.74) is 0.582. The molecule has 0 radical (unpaired) electrons. The first-order valence-corrected chi connectivity index (χ1v) is 6.49. The first-order valence-electron chi connectivity index (χ1n) is 6.49. The molecule has 1 aromatic rings. The monoisotopic (exact) mass is 265 g/mol. The minimum Gasteiger partial charge on any atom is -0.481 e. The molecular formula is C14H19NO4. The average molecular weight is 265 g/mol. The minimum atomic E-state index is -0.769. The molecule has 1 aliphatic heterocycles. The maximum Gasteiger partial charge on any atom is 0.306 e. The Morgan fingerprint density at radius 3 is 2.58 bits per heavy atom. The van der Waals surface area contributed by atoms with Crippen LogP contribution in [0.2, 0.25) is 0 Å². The molecule has 5 heteroatoms. The van der Waals surface area contributed by atoms with Gasteiger partial charge in [-0.3, -0.25) is 9.59 Å². The van der Waals surface area contributed by atoms with Crippen molar-refractivity contribution in [2.75, 3.05) is 13.1 Å². The second-order valence-corrected chi connectivity index (χ2v) is 5.29. The summed E-state index contributed by atoms with van der Waals surface area (Å²) in [6.45, 7) is 6.44. The highest BCUT2D eigenvalue weighted by molar-refractivity contribution is 5.95. The summed E-state index contributed by atoms with van der Waals surface area (Å²) in [6, 6.07) is 1.74. The zero-order valence-corrected chi connectivity index (χ0v) is 11.5. The SMILES string of the molecule is Cc1cc(C(=O)N2CCC(C(=O)O)C(C)C2)c(C)o1. The topological polar surface area (TPSA) is 70.8 Å². The van der Waals surface area contributed by atoms with Gasteiger partial charge in [0.2, 0.25) is 0 Å². The van der Waals surface area contributed by atoms with Crippen molar-refractivity contribution in [3.8, 4) is 0 Å². The van der Waals surface area contributed by atoms with E-state index in [0.717, 1.165) is 0 Å². The standard InChI is InChI=1S/C14H19NO4/c1-8-7-15(5-4-11(8)14(17)18)13(16)12-6-9(2)19-10(12)3/h6,8,11H,4-5,7H2,1-3H3,(H,17,18). The van der Waals surface area contributed by atoms with Crippen molar-refractivity contribution in [2.45, 2.75) is 27.2 Å². The number of piperidine rings is 1. The number of carboxylic acids is 1. The van der Waals surface area contributed by atoms with E-state index in [0.29, 0.717) is 36.6 Å². The van der Waals surface area contributed by atoms with Gasteiger partial charge in [0.05, 0.1) is 11.5 Å². The molecule has 1 fully saturated rings. The lowest BCUT2D eigenvalue weighted by molar-refractivity contribution is -0.145. The highest BCUT2D eigenvalue weighted by Crippen LogP contribution is 2.26. The van der Waals surface area contributed by atoms with Crippen LogP contribution in [0, 0.1) is 25.7 Å². The Labute approximate surface area is 112 Å². The van der Waals surface area contributed by atoms with Crippen molar-refractivity contribution in [3.05, 3.63) is 23.2 Å². The van der Waals surface area contributed by atoms with Crippen molar-refractivity contribution >= 4 is 11.9 Å². The predicted molar refractivity (Wildman–Crippen MR) is 69.0 cm³/mol. The first-order chi connectivity index (χ1) is 8.90. The fourth-order valence-electron chi connectivity index (χ4n) is 2.71. The molecule has 1 aliphatic rings. The molecule has 1 amide bonds. The van der Waals surface area contributed by atoms with Crippen LogP contribution in [-0.2, 0) is 4.79 Å². The van der Waals surface area contributed by atoms with Crippen LogP contribution in [0.4, 0.5) is 0 Å². The molecule has 0 spiro atoms. The summed E-state index contributed by atoms with van der Waals surface area (Å²) >= 11 is 0. The van der Waals surface area contributed by atoms with Gasteiger partial charge in [0.1, 0.15) is 11.5 Å². The van der Waals surface area contributed by atoms with E-state index < -0.39 is 5.97 Å². The van der Waals surface area contributed by atoms with Crippen LogP contribution in [-0.4, -0.2) is 35.0 Å². The molecule has 1 saturated heterocycles. The molecule has 5 nitrogen and oxygen atoms in total. The molecule has 1 aromatic heterocycles. The summed E-state index contributed by atoms with van der Waals surface area (Å²) < 4.78 is 5.37. The third-order valence-electron chi connectivity index (χ3n) is 3.78. The number of aliphatic carboxylic acids is 1. The highest BCUT2D eigenvalue weighted by atomic mass is 16.4. The lowest BCUT2D eigenvalue weighted by Gasteiger charge is -2.34. The molecule has 0 bridgehead atoms. The van der Waals surface area contributed by atoms with Crippen LogP contribution in [0.25, 0.3) is 0 Å². The molecule has 19 heavy (non-hydrogen) atoms. The van der Waals surface area contributed by atoms with Crippen LogP contribution < -0.4 is 0 Å². The van der Waals surface area contributed by atoms with Crippen molar-refractivity contribution in [1.29, 1.82) is 0 Å². The zero-order chi connectivity index (χ0) is 14.2. The Kier molecular flexibility index (Phi) is 3.64. The number of carboxylic acid groups (broad SMARTS) is 1. The molecule has 0 aliphatic carbocycles. The number of amides is 1. The highest BCUT2D eigenvalue weighted by Gasteiger charge is 2.34. The Morgan fingerprint density at radius 1 is 1.42 bits per heavy atom. The molecule has 1 N–H and O–H groups in total. The number of nitrogens with zero attached hydrogens (tertiary/aromatic N) is 1. The van der Waals surface area contributed by atoms with Crippen LogP contribution in [0.1, 0.15) is 35.2 Å². The van der Waals surface area contributed by atoms with E-state index in [2.05, 4.69) is 0 Å². The summed E-state index contributed by atoms with van der Waals surface area (Å²) in [5.74, 6) is 0.129. The van der Waals surface area contributed by atoms with Crippen molar-refractivity contribution in [2.24, 2.45) is 11.8 Å². The molecule has 2 heterocycles. The van der Waals surface area contributed by atoms with Gasteiger partial charge in [-0.25, -0.2) is 0 Å². The van der Waals surface area contributed by atoms with E-state index in [1.807, 2.05) is 13.8 Å². The van der Waals surface area contributed by atoms with Crippen LogP contribution in [0.15, 0.2) is 10.5 Å². The number of likely N-dealkylation sites (tertiary alicyclic amines) is 1. The van der Waals surface area contributed by atoms with Gasteiger partial charge in [-0.15, -0.1) is 0 Å². The Bertz CT molecular complexity index is 506. The number of hydrogen-bond donors (Lipinski definition) is 1. The molecular weight excluding hydrogens is 246 g/mol. The van der Waals surface area contributed by atoms with Gasteiger partial charge in [-0.05, 0) is 32.3 Å². The quantitative estimate of drug-likeness (QED) is 0.888. The molecule has 2 rings (SSSR count). The molecule has 0 saturated carbocycles. The Balaban J connectivity index is 2.10. The first kappa shape index (κ1) is 13.6. The second-order valence-electron chi connectivity index (χ2n) is 5.29. The fraction of sp³-hybridized carbons (Fsp3) is 0.571. The smallest absolute Gasteiger partial charge is 0.306 e. The van der Waals surface area contributed by atoms with E-state index in [1.165, 1.54) is 0 Å². The van der Waals surface area contributed by atoms with Gasteiger partial charge in [0, 0.05) is 13.1 Å². The van der Waals surface area contributed by atoms with E-state index >= 15 is 0 Å². The summed E-state index contributed by atoms with van der Waals surface area (Å²) in [5, 5.41) is 9.08. The van der Waals surface area contributed by atoms with Gasteiger partial charge in [0.25, 0.3) is 5.91 Å². The molecule has 2 atom stereocenters. The molecule has 2 unspecified atom stereocenters. The number of furan rings is 1. The molecule has 0 aromatic carbocycles. The maximum atomic E-state index is 12.4. The van der Waals surface area contributed by atoms with Gasteiger partial charge < -0.3 is 14.4 Å². The largest absolute Gasteiger partial charge is 0.481 e. The normalized spacial score (nSPS) is 23.4. The van der Waals surface area contributed by atoms with Gasteiger partial charge in [-0.1, -0.05) is 6.92 Å². The summed E-state index contributed by atoms with van der Waals surface area (Å²) in [6.07, 6.45) is 0.512. The zero-order valence-electron chi connectivity index (χ0n) is 11.5. The average Bonchev–Trinajstić information content (AvgIpc) is 2.67. The fourth-order valence-corrected chi connectivity index (χ4v) is 2.71. The van der Waals surface area contributed by atoms with Crippen molar-refractivity contribution in [3.63, 3.8) is 0 Å². The lowest BCUT2D eigenvalue weighted by Crippen LogP contribution is -2.45. The van der Waals surface area contributed by atoms with Gasteiger partial charge in [0.15, 0.2) is 0 Å². The van der Waals surface area contributed by atoms with Crippen molar-refractivity contribution < 1.29 is 19.1 Å². The maximum absolute atomic E-state index is 12.4. The number of hydrogen-bond acceptors (Lipinski definition) is 3. The number of aryl methyl sites for hydroxylation is 2. The van der Waals surface area contributed by atoms with Crippen LogP contribution in [0.3, 0.4) is 0 Å². The number of rotatable bonds is 2. The third kappa shape index (κ3) is 2.64. The second kappa shape index (κ2) is 5.07. The minimum absolute atomic E-state index is 0.0245. The Hall–Kier alpha value is -1.78. The summed E-state index contributed by atoms with van der Waals surface area (Å²) in [7, 11) is 0. The third-order valence-corrected chi connectivity index (χ3v) is 3.78. The van der Waals surface area contributed by atoms with Gasteiger partial charge >= 0.3 is 5.97 Å².